The van der Waals surface area contributed by atoms with E-state index in [0.717, 1.165) is 5.56 Å². The van der Waals surface area contributed by atoms with Gasteiger partial charge in [-0.2, -0.15) is 0 Å². The minimum atomic E-state index is -0.258. The van der Waals surface area contributed by atoms with Crippen molar-refractivity contribution in [2.24, 2.45) is 0 Å². The van der Waals surface area contributed by atoms with Gasteiger partial charge >= 0.3 is 0 Å². The highest BCUT2D eigenvalue weighted by Gasteiger charge is 2.28. The largest absolute Gasteiger partial charge is 0.393 e. The normalized spacial score (nSPS) is 23.7. The summed E-state index contributed by atoms with van der Waals surface area (Å²) in [6.07, 6.45) is 1.03. The van der Waals surface area contributed by atoms with Crippen LogP contribution in [0.1, 0.15) is 28.8 Å². The third-order valence-electron chi connectivity index (χ3n) is 2.75. The molecule has 1 aliphatic rings. The Labute approximate surface area is 99.4 Å². The highest BCUT2D eigenvalue weighted by atomic mass is 35.5. The molecule has 0 aliphatic heterocycles. The van der Waals surface area contributed by atoms with Crippen LogP contribution in [0.3, 0.4) is 0 Å². The summed E-state index contributed by atoms with van der Waals surface area (Å²) in [6, 6.07) is 5.36. The second-order valence-corrected chi connectivity index (χ2v) is 4.75. The lowest BCUT2D eigenvalue weighted by atomic mass is 9.89. The van der Waals surface area contributed by atoms with E-state index < -0.39 is 0 Å². The Kier molecular flexibility index (Phi) is 3.17. The maximum Gasteiger partial charge on any atom is 0.251 e. The number of rotatable bonds is 2. The summed E-state index contributed by atoms with van der Waals surface area (Å²) < 4.78 is 0. The first-order valence-corrected chi connectivity index (χ1v) is 5.68. The highest BCUT2D eigenvalue weighted by molar-refractivity contribution is 6.31. The van der Waals surface area contributed by atoms with Gasteiger partial charge in [-0.25, -0.2) is 0 Å². The van der Waals surface area contributed by atoms with Gasteiger partial charge in [0, 0.05) is 16.6 Å². The van der Waals surface area contributed by atoms with Crippen molar-refractivity contribution in [2.45, 2.75) is 31.9 Å². The Bertz CT molecular complexity index is 393. The zero-order chi connectivity index (χ0) is 11.7. The molecule has 4 heteroatoms. The first-order chi connectivity index (χ1) is 7.54. The molecule has 0 bridgehead atoms. The van der Waals surface area contributed by atoms with Crippen molar-refractivity contribution in [1.29, 1.82) is 0 Å². The number of hydrogen-bond donors (Lipinski definition) is 2. The van der Waals surface area contributed by atoms with Crippen LogP contribution in [0.2, 0.25) is 5.02 Å². The van der Waals surface area contributed by atoms with Crippen molar-refractivity contribution in [3.8, 4) is 0 Å². The number of aliphatic hydroxyl groups excluding tert-OH is 1. The first kappa shape index (κ1) is 11.4. The topological polar surface area (TPSA) is 49.3 Å². The van der Waals surface area contributed by atoms with E-state index in [1.54, 1.807) is 12.1 Å². The number of hydrogen-bond acceptors (Lipinski definition) is 2. The molecule has 2 rings (SSSR count). The van der Waals surface area contributed by atoms with Gasteiger partial charge in [-0.3, -0.25) is 4.79 Å². The highest BCUT2D eigenvalue weighted by Crippen LogP contribution is 2.20. The number of carbonyl (C=O) groups is 1. The Balaban J connectivity index is 2.03. The molecule has 0 atom stereocenters. The smallest absolute Gasteiger partial charge is 0.251 e. The number of amides is 1. The summed E-state index contributed by atoms with van der Waals surface area (Å²) in [7, 11) is 0. The van der Waals surface area contributed by atoms with Crippen molar-refractivity contribution in [3.05, 3.63) is 34.3 Å². The van der Waals surface area contributed by atoms with Gasteiger partial charge in [-0.1, -0.05) is 11.6 Å². The fourth-order valence-corrected chi connectivity index (χ4v) is 2.13. The molecule has 3 nitrogen and oxygen atoms in total. The number of nitrogens with one attached hydrogen (secondary N) is 1. The number of halogens is 1. The van der Waals surface area contributed by atoms with E-state index in [0.29, 0.717) is 23.4 Å². The van der Waals surface area contributed by atoms with Crippen LogP contribution in [0.5, 0.6) is 0 Å². The number of aryl methyl sites for hydroxylation is 1. The van der Waals surface area contributed by atoms with E-state index >= 15 is 0 Å². The Hall–Kier alpha value is -1.06. The lowest BCUT2D eigenvalue weighted by Gasteiger charge is -2.31. The summed E-state index contributed by atoms with van der Waals surface area (Å²) in [5.74, 6) is -0.123. The van der Waals surface area contributed by atoms with Crippen LogP contribution in [0.15, 0.2) is 18.2 Å². The van der Waals surface area contributed by atoms with Gasteiger partial charge < -0.3 is 10.4 Å². The number of aliphatic hydroxyl groups is 1. The molecule has 1 aromatic carbocycles. The second kappa shape index (κ2) is 4.44. The van der Waals surface area contributed by atoms with Crippen molar-refractivity contribution in [3.63, 3.8) is 0 Å². The van der Waals surface area contributed by atoms with Crippen molar-refractivity contribution in [1.82, 2.24) is 5.32 Å². The van der Waals surface area contributed by atoms with Gasteiger partial charge in [0.1, 0.15) is 0 Å². The van der Waals surface area contributed by atoms with Gasteiger partial charge in [-0.15, -0.1) is 0 Å². The minimum absolute atomic E-state index is 0.0989. The van der Waals surface area contributed by atoms with E-state index in [1.807, 2.05) is 13.0 Å². The molecule has 1 aromatic rings. The molecule has 16 heavy (non-hydrogen) atoms. The van der Waals surface area contributed by atoms with Crippen LogP contribution in [0, 0.1) is 6.92 Å². The molecule has 1 saturated carbocycles. The Morgan fingerprint density at radius 1 is 1.44 bits per heavy atom. The molecule has 86 valence electrons. The molecule has 0 spiro atoms. The summed E-state index contributed by atoms with van der Waals surface area (Å²) >= 11 is 5.88. The molecule has 1 amide bonds. The SMILES string of the molecule is Cc1cc(Cl)cc(C(=O)NC2CC(O)C2)c1. The molecule has 1 fully saturated rings. The molecule has 0 heterocycles. The monoisotopic (exact) mass is 239 g/mol. The molecule has 0 unspecified atom stereocenters. The zero-order valence-corrected chi connectivity index (χ0v) is 9.79. The lowest BCUT2D eigenvalue weighted by Crippen LogP contribution is -2.46. The van der Waals surface area contributed by atoms with Crippen LogP contribution in [-0.2, 0) is 0 Å². The average molecular weight is 240 g/mol. The fourth-order valence-electron chi connectivity index (χ4n) is 1.84. The van der Waals surface area contributed by atoms with Gasteiger partial charge in [0.05, 0.1) is 6.10 Å². The maximum absolute atomic E-state index is 11.8. The van der Waals surface area contributed by atoms with Gasteiger partial charge in [-0.05, 0) is 43.5 Å². The third-order valence-corrected chi connectivity index (χ3v) is 2.97. The number of carbonyl (C=O) groups excluding carboxylic acids is 1. The molecular weight excluding hydrogens is 226 g/mol. The second-order valence-electron chi connectivity index (χ2n) is 4.31. The van der Waals surface area contributed by atoms with Crippen LogP contribution in [0.4, 0.5) is 0 Å². The summed E-state index contributed by atoms with van der Waals surface area (Å²) in [5, 5.41) is 12.5. The summed E-state index contributed by atoms with van der Waals surface area (Å²) in [4.78, 5) is 11.8. The van der Waals surface area contributed by atoms with Gasteiger partial charge in [0.2, 0.25) is 0 Å². The summed E-state index contributed by atoms with van der Waals surface area (Å²) in [5.41, 5.74) is 1.54. The van der Waals surface area contributed by atoms with Gasteiger partial charge in [0.25, 0.3) is 5.91 Å². The van der Waals surface area contributed by atoms with Crippen molar-refractivity contribution < 1.29 is 9.90 Å². The predicted molar refractivity (Wildman–Crippen MR) is 62.7 cm³/mol. The summed E-state index contributed by atoms with van der Waals surface area (Å²) in [6.45, 7) is 1.90. The van der Waals surface area contributed by atoms with Gasteiger partial charge in [0.15, 0.2) is 0 Å². The van der Waals surface area contributed by atoms with Crippen LogP contribution >= 0.6 is 11.6 Å². The van der Waals surface area contributed by atoms with Crippen molar-refractivity contribution in [2.75, 3.05) is 0 Å². The van der Waals surface area contributed by atoms with E-state index in [4.69, 9.17) is 16.7 Å². The molecule has 0 aromatic heterocycles. The Morgan fingerprint density at radius 2 is 2.12 bits per heavy atom. The molecule has 0 radical (unpaired) electrons. The zero-order valence-electron chi connectivity index (χ0n) is 9.03. The van der Waals surface area contributed by atoms with E-state index in [2.05, 4.69) is 5.32 Å². The van der Waals surface area contributed by atoms with Crippen LogP contribution in [-0.4, -0.2) is 23.2 Å². The maximum atomic E-state index is 11.8. The quantitative estimate of drug-likeness (QED) is 0.828. The van der Waals surface area contributed by atoms with Crippen molar-refractivity contribution >= 4 is 17.5 Å². The average Bonchev–Trinajstić information content (AvgIpc) is 2.13. The molecule has 1 aliphatic carbocycles. The van der Waals surface area contributed by atoms with Crippen LogP contribution in [0.25, 0.3) is 0 Å². The van der Waals surface area contributed by atoms with E-state index in [9.17, 15) is 4.79 Å². The van der Waals surface area contributed by atoms with E-state index in [1.165, 1.54) is 0 Å². The van der Waals surface area contributed by atoms with Crippen LogP contribution < -0.4 is 5.32 Å². The lowest BCUT2D eigenvalue weighted by molar-refractivity contribution is 0.0562. The Morgan fingerprint density at radius 3 is 2.69 bits per heavy atom. The standard InChI is InChI=1S/C12H14ClNO2/c1-7-2-8(4-9(13)3-7)12(16)14-10-5-11(15)6-10/h2-4,10-11,15H,5-6H2,1H3,(H,14,16). The predicted octanol–water partition coefficient (Wildman–Crippen LogP) is 1.90. The fraction of sp³-hybridized carbons (Fsp3) is 0.417. The molecule has 0 saturated heterocycles. The molecular formula is C12H14ClNO2. The number of benzene rings is 1. The molecule has 2 N–H and O–H groups in total. The third kappa shape index (κ3) is 2.54. The first-order valence-electron chi connectivity index (χ1n) is 5.31. The minimum Gasteiger partial charge on any atom is -0.393 e. The van der Waals surface area contributed by atoms with E-state index in [-0.39, 0.29) is 18.1 Å².